The number of fused-ring (bicyclic) bond motifs is 1. The van der Waals surface area contributed by atoms with Gasteiger partial charge in [-0.15, -0.1) is 0 Å². The van der Waals surface area contributed by atoms with E-state index in [0.29, 0.717) is 5.76 Å². The molecule has 1 aromatic heterocycles. The van der Waals surface area contributed by atoms with Crippen LogP contribution in [0, 0.1) is 0 Å². The quantitative estimate of drug-likeness (QED) is 0.683. The van der Waals surface area contributed by atoms with Crippen molar-refractivity contribution < 1.29 is 9.52 Å². The van der Waals surface area contributed by atoms with E-state index in [0.717, 1.165) is 25.3 Å². The average molecular weight is 181 g/mol. The molecule has 1 aliphatic rings. The number of aliphatic hydroxyl groups is 1. The summed E-state index contributed by atoms with van der Waals surface area (Å²) >= 11 is 0. The molecule has 2 heterocycles. The van der Waals surface area contributed by atoms with Gasteiger partial charge in [0.25, 0.3) is 0 Å². The van der Waals surface area contributed by atoms with Crippen molar-refractivity contribution in [2.75, 3.05) is 6.54 Å². The first-order valence-corrected chi connectivity index (χ1v) is 4.62. The van der Waals surface area contributed by atoms with E-state index < -0.39 is 5.60 Å². The van der Waals surface area contributed by atoms with Crippen LogP contribution in [0.2, 0.25) is 0 Å². The molecule has 0 saturated carbocycles. The Hall–Kier alpha value is -0.800. The molecule has 0 saturated heterocycles. The van der Waals surface area contributed by atoms with Gasteiger partial charge in [-0.2, -0.15) is 0 Å². The van der Waals surface area contributed by atoms with Crippen LogP contribution in [0.3, 0.4) is 0 Å². The minimum Gasteiger partial charge on any atom is -0.461 e. The van der Waals surface area contributed by atoms with Crippen molar-refractivity contribution >= 4 is 0 Å². The summed E-state index contributed by atoms with van der Waals surface area (Å²) in [4.78, 5) is 0. The topological polar surface area (TPSA) is 45.4 Å². The summed E-state index contributed by atoms with van der Waals surface area (Å²) in [5, 5.41) is 13.0. The first kappa shape index (κ1) is 8.78. The van der Waals surface area contributed by atoms with Gasteiger partial charge in [0.2, 0.25) is 0 Å². The molecular formula is C10H15NO2. The first-order chi connectivity index (χ1) is 6.07. The minimum absolute atomic E-state index is 0.668. The third kappa shape index (κ3) is 1.62. The summed E-state index contributed by atoms with van der Waals surface area (Å²) in [5.41, 5.74) is 0.369. The number of rotatable bonds is 1. The van der Waals surface area contributed by atoms with Crippen LogP contribution in [0.4, 0.5) is 0 Å². The van der Waals surface area contributed by atoms with Crippen LogP contribution in [-0.4, -0.2) is 11.7 Å². The molecule has 1 aliphatic heterocycles. The predicted molar refractivity (Wildman–Crippen MR) is 49.4 cm³/mol. The Bertz CT molecular complexity index is 286. The van der Waals surface area contributed by atoms with Gasteiger partial charge in [-0.05, 0) is 38.4 Å². The molecule has 2 N–H and O–H groups in total. The molecule has 0 spiro atoms. The molecule has 0 unspecified atom stereocenters. The van der Waals surface area contributed by atoms with Crippen LogP contribution in [0.25, 0.3) is 0 Å². The molecule has 0 atom stereocenters. The van der Waals surface area contributed by atoms with Crippen molar-refractivity contribution in [2.45, 2.75) is 32.4 Å². The normalized spacial score (nSPS) is 17.2. The zero-order valence-electron chi connectivity index (χ0n) is 8.05. The molecule has 13 heavy (non-hydrogen) atoms. The molecule has 2 rings (SSSR count). The number of nitrogens with one attached hydrogen (secondary N) is 1. The van der Waals surface area contributed by atoms with Gasteiger partial charge in [0.15, 0.2) is 0 Å². The third-order valence-corrected chi connectivity index (χ3v) is 2.36. The highest BCUT2D eigenvalue weighted by Crippen LogP contribution is 2.26. The summed E-state index contributed by atoms with van der Waals surface area (Å²) < 4.78 is 5.56. The van der Waals surface area contributed by atoms with Gasteiger partial charge in [-0.3, -0.25) is 0 Å². The Kier molecular flexibility index (Phi) is 1.93. The van der Waals surface area contributed by atoms with Gasteiger partial charge >= 0.3 is 0 Å². The molecule has 0 radical (unpaired) electrons. The van der Waals surface area contributed by atoms with Crippen LogP contribution in [0.5, 0.6) is 0 Å². The second-order valence-corrected chi connectivity index (χ2v) is 4.04. The van der Waals surface area contributed by atoms with E-state index in [1.807, 2.05) is 6.07 Å². The standard InChI is InChI=1S/C10H15NO2/c1-10(2,12)9-5-7-3-4-11-6-8(7)13-9/h5,11-12H,3-4,6H2,1-2H3. The van der Waals surface area contributed by atoms with Gasteiger partial charge in [0.1, 0.15) is 17.1 Å². The maximum atomic E-state index is 9.72. The zero-order chi connectivity index (χ0) is 9.47. The Morgan fingerprint density at radius 2 is 2.31 bits per heavy atom. The molecule has 3 heteroatoms. The SMILES string of the molecule is CC(C)(O)c1cc2c(o1)CNCC2. The van der Waals surface area contributed by atoms with Crippen LogP contribution >= 0.6 is 0 Å². The fourth-order valence-corrected chi connectivity index (χ4v) is 1.55. The highest BCUT2D eigenvalue weighted by atomic mass is 16.4. The second kappa shape index (κ2) is 2.86. The van der Waals surface area contributed by atoms with Gasteiger partial charge < -0.3 is 14.8 Å². The van der Waals surface area contributed by atoms with Crippen LogP contribution in [-0.2, 0) is 18.6 Å². The Morgan fingerprint density at radius 1 is 1.54 bits per heavy atom. The highest BCUT2D eigenvalue weighted by molar-refractivity contribution is 5.26. The van der Waals surface area contributed by atoms with Crippen LogP contribution in [0.15, 0.2) is 10.5 Å². The molecule has 0 amide bonds. The molecule has 1 aromatic rings. The summed E-state index contributed by atoms with van der Waals surface area (Å²) in [7, 11) is 0. The van der Waals surface area contributed by atoms with Crippen molar-refractivity contribution in [1.82, 2.24) is 5.32 Å². The van der Waals surface area contributed by atoms with Crippen molar-refractivity contribution in [3.63, 3.8) is 0 Å². The smallest absolute Gasteiger partial charge is 0.135 e. The lowest BCUT2D eigenvalue weighted by Crippen LogP contribution is -2.22. The van der Waals surface area contributed by atoms with Gasteiger partial charge in [-0.25, -0.2) is 0 Å². The van der Waals surface area contributed by atoms with E-state index in [2.05, 4.69) is 5.32 Å². The summed E-state index contributed by atoms with van der Waals surface area (Å²) in [6.07, 6.45) is 0.995. The summed E-state index contributed by atoms with van der Waals surface area (Å²) in [6.45, 7) is 5.26. The highest BCUT2D eigenvalue weighted by Gasteiger charge is 2.24. The maximum absolute atomic E-state index is 9.72. The van der Waals surface area contributed by atoms with Crippen LogP contribution in [0.1, 0.15) is 30.9 Å². The Morgan fingerprint density at radius 3 is 2.92 bits per heavy atom. The lowest BCUT2D eigenvalue weighted by Gasteiger charge is -2.13. The van der Waals surface area contributed by atoms with Gasteiger partial charge in [0, 0.05) is 0 Å². The molecule has 3 nitrogen and oxygen atoms in total. The summed E-state index contributed by atoms with van der Waals surface area (Å²) in [5.74, 6) is 1.64. The van der Waals surface area contributed by atoms with E-state index >= 15 is 0 Å². The lowest BCUT2D eigenvalue weighted by atomic mass is 10.0. The Labute approximate surface area is 77.8 Å². The van der Waals surface area contributed by atoms with Gasteiger partial charge in [-0.1, -0.05) is 0 Å². The molecule has 0 fully saturated rings. The van der Waals surface area contributed by atoms with E-state index in [1.54, 1.807) is 13.8 Å². The predicted octanol–water partition coefficient (Wildman–Crippen LogP) is 1.15. The van der Waals surface area contributed by atoms with Crippen molar-refractivity contribution in [3.8, 4) is 0 Å². The monoisotopic (exact) mass is 181 g/mol. The first-order valence-electron chi connectivity index (χ1n) is 4.62. The van der Waals surface area contributed by atoms with E-state index in [9.17, 15) is 5.11 Å². The van der Waals surface area contributed by atoms with E-state index in [4.69, 9.17) is 4.42 Å². The fraction of sp³-hybridized carbons (Fsp3) is 0.600. The molecular weight excluding hydrogens is 166 g/mol. The largest absolute Gasteiger partial charge is 0.461 e. The molecule has 0 aliphatic carbocycles. The van der Waals surface area contributed by atoms with Crippen molar-refractivity contribution in [2.24, 2.45) is 0 Å². The lowest BCUT2D eigenvalue weighted by molar-refractivity contribution is 0.0527. The second-order valence-electron chi connectivity index (χ2n) is 4.04. The Balaban J connectivity index is 2.36. The third-order valence-electron chi connectivity index (χ3n) is 2.36. The molecule has 72 valence electrons. The van der Waals surface area contributed by atoms with Crippen LogP contribution < -0.4 is 5.32 Å². The zero-order valence-corrected chi connectivity index (χ0v) is 8.05. The molecule has 0 aromatic carbocycles. The summed E-state index contributed by atoms with van der Waals surface area (Å²) in [6, 6.07) is 1.97. The van der Waals surface area contributed by atoms with E-state index in [-0.39, 0.29) is 0 Å². The fourth-order valence-electron chi connectivity index (χ4n) is 1.55. The van der Waals surface area contributed by atoms with Crippen molar-refractivity contribution in [3.05, 3.63) is 23.2 Å². The number of furan rings is 1. The van der Waals surface area contributed by atoms with Crippen molar-refractivity contribution in [1.29, 1.82) is 0 Å². The minimum atomic E-state index is -0.864. The van der Waals surface area contributed by atoms with Gasteiger partial charge in [0.05, 0.1) is 6.54 Å². The number of hydrogen-bond donors (Lipinski definition) is 2. The molecule has 0 bridgehead atoms. The maximum Gasteiger partial charge on any atom is 0.135 e. The average Bonchev–Trinajstić information content (AvgIpc) is 2.45. The van der Waals surface area contributed by atoms with E-state index in [1.165, 1.54) is 5.56 Å². The number of hydrogen-bond acceptors (Lipinski definition) is 3.